The summed E-state index contributed by atoms with van der Waals surface area (Å²) in [7, 11) is 0. The third kappa shape index (κ3) is 4.67. The van der Waals surface area contributed by atoms with Gasteiger partial charge in [-0.1, -0.05) is 19.1 Å². The average Bonchev–Trinajstić information content (AvgIpc) is 2.35. The minimum absolute atomic E-state index is 0.247. The van der Waals surface area contributed by atoms with E-state index in [0.29, 0.717) is 0 Å². The summed E-state index contributed by atoms with van der Waals surface area (Å²) in [5.74, 6) is -2.23. The van der Waals surface area contributed by atoms with Gasteiger partial charge in [0.05, 0.1) is 12.5 Å². The highest BCUT2D eigenvalue weighted by molar-refractivity contribution is 5.83. The number of benzene rings is 1. The van der Waals surface area contributed by atoms with Crippen molar-refractivity contribution in [2.75, 3.05) is 0 Å². The molecule has 1 amide bonds. The van der Waals surface area contributed by atoms with Crippen molar-refractivity contribution in [1.29, 1.82) is 0 Å². The van der Waals surface area contributed by atoms with Crippen LogP contribution in [0.2, 0.25) is 0 Å². The summed E-state index contributed by atoms with van der Waals surface area (Å²) < 4.78 is 12.9. The molecule has 1 rings (SSSR count). The molecule has 2 atom stereocenters. The molecule has 0 heterocycles. The molecule has 1 aromatic carbocycles. The summed E-state index contributed by atoms with van der Waals surface area (Å²) in [5.41, 5.74) is 0.276. The van der Waals surface area contributed by atoms with Crippen molar-refractivity contribution < 1.29 is 24.2 Å². The molecule has 0 aromatic heterocycles. The van der Waals surface area contributed by atoms with Crippen LogP contribution < -0.4 is 5.32 Å². The molecule has 1 aromatic rings. The number of carbonyl (C=O) groups is 2. The van der Waals surface area contributed by atoms with E-state index < -0.39 is 29.8 Å². The van der Waals surface area contributed by atoms with E-state index in [1.807, 2.05) is 0 Å². The maximum atomic E-state index is 12.9. The number of amides is 1. The van der Waals surface area contributed by atoms with Crippen LogP contribution in [-0.4, -0.2) is 28.1 Å². The lowest BCUT2D eigenvalue weighted by atomic mass is 10.1. The Kier molecular flexibility index (Phi) is 5.44. The van der Waals surface area contributed by atoms with Crippen molar-refractivity contribution in [3.63, 3.8) is 0 Å². The minimum atomic E-state index is -1.16. The molecule has 0 saturated carbocycles. The van der Waals surface area contributed by atoms with Gasteiger partial charge in [0.1, 0.15) is 11.9 Å². The number of aliphatic hydroxyl groups excluding tert-OH is 1. The van der Waals surface area contributed by atoms with Crippen LogP contribution in [0.3, 0.4) is 0 Å². The summed E-state index contributed by atoms with van der Waals surface area (Å²) in [6.07, 6.45) is -1.23. The highest BCUT2D eigenvalue weighted by Gasteiger charge is 2.20. The Morgan fingerprint density at radius 2 is 2.11 bits per heavy atom. The molecular weight excluding hydrogens is 253 g/mol. The molecule has 0 spiro atoms. The molecule has 0 bridgehead atoms. The van der Waals surface area contributed by atoms with E-state index in [4.69, 9.17) is 5.11 Å². The van der Waals surface area contributed by atoms with E-state index in [1.165, 1.54) is 18.2 Å². The first-order valence-corrected chi connectivity index (χ1v) is 5.89. The first-order valence-electron chi connectivity index (χ1n) is 5.89. The number of rotatable bonds is 6. The van der Waals surface area contributed by atoms with Crippen LogP contribution in [0.5, 0.6) is 0 Å². The van der Waals surface area contributed by atoms with E-state index >= 15 is 0 Å². The molecule has 0 saturated heterocycles. The van der Waals surface area contributed by atoms with Crippen LogP contribution in [0.4, 0.5) is 4.39 Å². The number of carboxylic acids is 1. The molecule has 5 nitrogen and oxygen atoms in total. The molecule has 19 heavy (non-hydrogen) atoms. The van der Waals surface area contributed by atoms with Gasteiger partial charge in [-0.15, -0.1) is 0 Å². The number of carboxylic acid groups (broad SMARTS) is 1. The van der Waals surface area contributed by atoms with Crippen molar-refractivity contribution in [2.45, 2.75) is 31.9 Å². The van der Waals surface area contributed by atoms with E-state index in [-0.39, 0.29) is 18.4 Å². The Morgan fingerprint density at radius 3 is 2.63 bits per heavy atom. The Bertz CT molecular complexity index is 464. The standard InChI is InChI=1S/C13H16FNO4/c1-2-10(13(18)19)15-12(17)7-11(16)8-4-3-5-9(14)6-8/h3-6,10-11,16H,2,7H2,1H3,(H,15,17)(H,18,19). The maximum Gasteiger partial charge on any atom is 0.326 e. The molecule has 0 fully saturated rings. The lowest BCUT2D eigenvalue weighted by Crippen LogP contribution is -2.40. The van der Waals surface area contributed by atoms with Gasteiger partial charge in [-0.05, 0) is 24.1 Å². The van der Waals surface area contributed by atoms with Crippen molar-refractivity contribution in [3.8, 4) is 0 Å². The van der Waals surface area contributed by atoms with Gasteiger partial charge >= 0.3 is 5.97 Å². The predicted molar refractivity (Wildman–Crippen MR) is 65.8 cm³/mol. The number of hydrogen-bond donors (Lipinski definition) is 3. The highest BCUT2D eigenvalue weighted by Crippen LogP contribution is 2.17. The lowest BCUT2D eigenvalue weighted by molar-refractivity contribution is -0.142. The second kappa shape index (κ2) is 6.84. The molecule has 104 valence electrons. The Balaban J connectivity index is 2.59. The zero-order valence-electron chi connectivity index (χ0n) is 10.5. The number of carbonyl (C=O) groups excluding carboxylic acids is 1. The van der Waals surface area contributed by atoms with Crippen molar-refractivity contribution >= 4 is 11.9 Å². The fourth-order valence-corrected chi connectivity index (χ4v) is 1.60. The summed E-state index contributed by atoms with van der Waals surface area (Å²) >= 11 is 0. The zero-order chi connectivity index (χ0) is 14.4. The molecular formula is C13H16FNO4. The van der Waals surface area contributed by atoms with E-state index in [9.17, 15) is 19.1 Å². The average molecular weight is 269 g/mol. The van der Waals surface area contributed by atoms with Crippen molar-refractivity contribution in [2.24, 2.45) is 0 Å². The van der Waals surface area contributed by atoms with Gasteiger partial charge in [0, 0.05) is 0 Å². The summed E-state index contributed by atoms with van der Waals surface area (Å²) in [6, 6.07) is 4.31. The van der Waals surface area contributed by atoms with Gasteiger partial charge in [0.25, 0.3) is 0 Å². The SMILES string of the molecule is CCC(NC(=O)CC(O)c1cccc(F)c1)C(=O)O. The quantitative estimate of drug-likeness (QED) is 0.725. The lowest BCUT2D eigenvalue weighted by Gasteiger charge is -2.15. The molecule has 0 radical (unpaired) electrons. The van der Waals surface area contributed by atoms with Crippen LogP contribution in [-0.2, 0) is 9.59 Å². The monoisotopic (exact) mass is 269 g/mol. The van der Waals surface area contributed by atoms with E-state index in [0.717, 1.165) is 6.07 Å². The normalized spacial score (nSPS) is 13.6. The minimum Gasteiger partial charge on any atom is -0.480 e. The van der Waals surface area contributed by atoms with E-state index in [1.54, 1.807) is 6.92 Å². The van der Waals surface area contributed by atoms with Gasteiger partial charge in [0.2, 0.25) is 5.91 Å². The van der Waals surface area contributed by atoms with Gasteiger partial charge in [-0.25, -0.2) is 9.18 Å². The molecule has 6 heteroatoms. The van der Waals surface area contributed by atoms with Gasteiger partial charge in [-0.3, -0.25) is 4.79 Å². The van der Waals surface area contributed by atoms with Gasteiger partial charge < -0.3 is 15.5 Å². The first kappa shape index (κ1) is 15.1. The number of aliphatic hydroxyl groups is 1. The number of nitrogens with one attached hydrogen (secondary N) is 1. The maximum absolute atomic E-state index is 12.9. The molecule has 0 aliphatic heterocycles. The number of aliphatic carboxylic acids is 1. The molecule has 0 aliphatic carbocycles. The zero-order valence-corrected chi connectivity index (χ0v) is 10.5. The van der Waals surface area contributed by atoms with Crippen LogP contribution in [0, 0.1) is 5.82 Å². The summed E-state index contributed by atoms with van der Waals surface area (Å²) in [4.78, 5) is 22.3. The molecule has 0 aliphatic rings. The van der Waals surface area contributed by atoms with Crippen LogP contribution in [0.25, 0.3) is 0 Å². The first-order chi connectivity index (χ1) is 8.93. The molecule has 3 N–H and O–H groups in total. The van der Waals surface area contributed by atoms with Gasteiger partial charge in [-0.2, -0.15) is 0 Å². The fourth-order valence-electron chi connectivity index (χ4n) is 1.60. The third-order valence-corrected chi connectivity index (χ3v) is 2.65. The van der Waals surface area contributed by atoms with Crippen molar-refractivity contribution in [1.82, 2.24) is 5.32 Å². The largest absolute Gasteiger partial charge is 0.480 e. The highest BCUT2D eigenvalue weighted by atomic mass is 19.1. The second-order valence-corrected chi connectivity index (χ2v) is 4.14. The van der Waals surface area contributed by atoms with E-state index in [2.05, 4.69) is 5.32 Å². The fraction of sp³-hybridized carbons (Fsp3) is 0.385. The second-order valence-electron chi connectivity index (χ2n) is 4.14. The van der Waals surface area contributed by atoms with Gasteiger partial charge in [0.15, 0.2) is 0 Å². The Morgan fingerprint density at radius 1 is 1.42 bits per heavy atom. The van der Waals surface area contributed by atoms with Crippen LogP contribution >= 0.6 is 0 Å². The topological polar surface area (TPSA) is 86.6 Å². The van der Waals surface area contributed by atoms with Crippen LogP contribution in [0.15, 0.2) is 24.3 Å². The number of halogens is 1. The Hall–Kier alpha value is -1.95. The predicted octanol–water partition coefficient (Wildman–Crippen LogP) is 1.23. The summed E-state index contributed by atoms with van der Waals surface area (Å²) in [5, 5.41) is 20.8. The third-order valence-electron chi connectivity index (χ3n) is 2.65. The Labute approximate surface area is 110 Å². The number of hydrogen-bond acceptors (Lipinski definition) is 3. The smallest absolute Gasteiger partial charge is 0.326 e. The van der Waals surface area contributed by atoms with Crippen LogP contribution in [0.1, 0.15) is 31.4 Å². The summed E-state index contributed by atoms with van der Waals surface area (Å²) in [6.45, 7) is 1.63. The van der Waals surface area contributed by atoms with Crippen molar-refractivity contribution in [3.05, 3.63) is 35.6 Å². The molecule has 2 unspecified atom stereocenters.